The lowest BCUT2D eigenvalue weighted by Crippen LogP contribution is -2.07. The highest BCUT2D eigenvalue weighted by Gasteiger charge is 2.24. The van der Waals surface area contributed by atoms with Crippen molar-refractivity contribution in [3.8, 4) is 0 Å². The molecular weight excluding hydrogens is 162 g/mol. The molecule has 0 saturated heterocycles. The highest BCUT2D eigenvalue weighted by molar-refractivity contribution is 7.10. The highest BCUT2D eigenvalue weighted by Crippen LogP contribution is 2.25. The second kappa shape index (κ2) is 2.54. The standard InChI is InChI=1S/C7H7NO2S/c9-7-5(4-10-8-7)6-2-1-3-11-6/h1-3,5H,4H2,(H,8,9). The van der Waals surface area contributed by atoms with Gasteiger partial charge in [-0.15, -0.1) is 11.3 Å². The number of aliphatic hydroxyl groups is 1. The molecule has 1 aromatic rings. The summed E-state index contributed by atoms with van der Waals surface area (Å²) in [5.41, 5.74) is 0. The van der Waals surface area contributed by atoms with Crippen LogP contribution >= 0.6 is 11.3 Å². The first kappa shape index (κ1) is 6.67. The van der Waals surface area contributed by atoms with Gasteiger partial charge in [0, 0.05) is 4.88 Å². The Kier molecular flexibility index (Phi) is 1.54. The van der Waals surface area contributed by atoms with Crippen molar-refractivity contribution in [1.29, 1.82) is 0 Å². The third-order valence-electron chi connectivity index (χ3n) is 1.60. The molecule has 0 radical (unpaired) electrons. The smallest absolute Gasteiger partial charge is 0.235 e. The fourth-order valence-corrected chi connectivity index (χ4v) is 1.82. The molecule has 0 saturated carbocycles. The molecule has 0 aliphatic carbocycles. The summed E-state index contributed by atoms with van der Waals surface area (Å²) in [5.74, 6) is 0.0578. The van der Waals surface area contributed by atoms with Gasteiger partial charge < -0.3 is 9.94 Å². The van der Waals surface area contributed by atoms with Crippen molar-refractivity contribution in [3.63, 3.8) is 0 Å². The van der Waals surface area contributed by atoms with Crippen LogP contribution in [-0.4, -0.2) is 17.6 Å². The molecule has 4 heteroatoms. The molecule has 3 nitrogen and oxygen atoms in total. The molecule has 2 rings (SSSR count). The molecule has 11 heavy (non-hydrogen) atoms. The Labute approximate surface area is 67.9 Å². The summed E-state index contributed by atoms with van der Waals surface area (Å²) in [5, 5.41) is 14.6. The molecule has 0 amide bonds. The van der Waals surface area contributed by atoms with Gasteiger partial charge in [0.2, 0.25) is 5.90 Å². The Morgan fingerprint density at radius 2 is 2.64 bits per heavy atom. The van der Waals surface area contributed by atoms with Crippen LogP contribution in [0.3, 0.4) is 0 Å². The summed E-state index contributed by atoms with van der Waals surface area (Å²) in [7, 11) is 0. The van der Waals surface area contributed by atoms with E-state index < -0.39 is 0 Å². The van der Waals surface area contributed by atoms with Gasteiger partial charge in [-0.2, -0.15) is 0 Å². The molecule has 1 aliphatic rings. The molecule has 1 atom stereocenters. The van der Waals surface area contributed by atoms with Crippen molar-refractivity contribution in [1.82, 2.24) is 0 Å². The van der Waals surface area contributed by atoms with Crippen LogP contribution in [0.1, 0.15) is 10.8 Å². The third kappa shape index (κ3) is 1.09. The van der Waals surface area contributed by atoms with Crippen molar-refractivity contribution in [2.75, 3.05) is 6.61 Å². The van der Waals surface area contributed by atoms with Crippen molar-refractivity contribution >= 4 is 17.2 Å². The molecule has 0 fully saturated rings. The minimum atomic E-state index is -0.0324. The number of oxime groups is 1. The quantitative estimate of drug-likeness (QED) is 0.695. The lowest BCUT2D eigenvalue weighted by molar-refractivity contribution is 0.166. The van der Waals surface area contributed by atoms with E-state index in [0.29, 0.717) is 6.61 Å². The first-order valence-corrected chi connectivity index (χ1v) is 4.18. The lowest BCUT2D eigenvalue weighted by atomic mass is 10.1. The number of hydrogen-bond donors (Lipinski definition) is 1. The van der Waals surface area contributed by atoms with E-state index in [1.165, 1.54) is 0 Å². The number of hydrogen-bond acceptors (Lipinski definition) is 3. The Balaban J connectivity index is 2.25. The Morgan fingerprint density at radius 1 is 1.73 bits per heavy atom. The van der Waals surface area contributed by atoms with Gasteiger partial charge >= 0.3 is 0 Å². The molecule has 1 unspecified atom stereocenters. The van der Waals surface area contributed by atoms with Crippen LogP contribution in [0.4, 0.5) is 0 Å². The molecule has 0 bridgehead atoms. The molecule has 0 spiro atoms. The zero-order valence-corrected chi connectivity index (χ0v) is 6.54. The van der Waals surface area contributed by atoms with E-state index >= 15 is 0 Å². The minimum absolute atomic E-state index is 0.0324. The van der Waals surface area contributed by atoms with Crippen molar-refractivity contribution in [2.24, 2.45) is 5.16 Å². The summed E-state index contributed by atoms with van der Waals surface area (Å²) in [4.78, 5) is 5.84. The molecule has 1 aliphatic heterocycles. The van der Waals surface area contributed by atoms with E-state index in [1.807, 2.05) is 17.5 Å². The predicted octanol–water partition coefficient (Wildman–Crippen LogP) is 1.73. The van der Waals surface area contributed by atoms with Crippen LogP contribution in [-0.2, 0) is 4.84 Å². The monoisotopic (exact) mass is 169 g/mol. The average molecular weight is 169 g/mol. The lowest BCUT2D eigenvalue weighted by Gasteiger charge is -2.00. The largest absolute Gasteiger partial charge is 0.494 e. The summed E-state index contributed by atoms with van der Waals surface area (Å²) in [6, 6.07) is 3.92. The Morgan fingerprint density at radius 3 is 3.18 bits per heavy atom. The molecule has 58 valence electrons. The van der Waals surface area contributed by atoms with E-state index in [2.05, 4.69) is 5.16 Å². The van der Waals surface area contributed by atoms with Crippen LogP contribution in [0, 0.1) is 0 Å². The summed E-state index contributed by atoms with van der Waals surface area (Å²) >= 11 is 1.60. The van der Waals surface area contributed by atoms with Crippen LogP contribution in [0.5, 0.6) is 0 Å². The van der Waals surface area contributed by atoms with Gasteiger partial charge in [-0.1, -0.05) is 11.2 Å². The molecule has 1 N–H and O–H groups in total. The van der Waals surface area contributed by atoms with E-state index in [1.54, 1.807) is 11.3 Å². The second-order valence-corrected chi connectivity index (χ2v) is 3.29. The van der Waals surface area contributed by atoms with Gasteiger partial charge in [-0.05, 0) is 11.4 Å². The Hall–Kier alpha value is -1.03. The highest BCUT2D eigenvalue weighted by atomic mass is 32.1. The number of rotatable bonds is 1. The first-order chi connectivity index (χ1) is 5.38. The van der Waals surface area contributed by atoms with Crippen LogP contribution < -0.4 is 0 Å². The first-order valence-electron chi connectivity index (χ1n) is 3.30. The minimum Gasteiger partial charge on any atom is -0.494 e. The zero-order valence-electron chi connectivity index (χ0n) is 5.73. The topological polar surface area (TPSA) is 41.8 Å². The number of thiophene rings is 1. The van der Waals surface area contributed by atoms with E-state index in [0.717, 1.165) is 4.88 Å². The van der Waals surface area contributed by atoms with Crippen molar-refractivity contribution in [2.45, 2.75) is 5.92 Å². The van der Waals surface area contributed by atoms with Crippen LogP contribution in [0.15, 0.2) is 22.7 Å². The SMILES string of the molecule is OC1=NOCC1c1cccs1. The van der Waals surface area contributed by atoms with Gasteiger partial charge in [-0.25, -0.2) is 0 Å². The normalized spacial score (nSPS) is 22.9. The maximum Gasteiger partial charge on any atom is 0.235 e. The van der Waals surface area contributed by atoms with Gasteiger partial charge in [0.1, 0.15) is 12.5 Å². The summed E-state index contributed by atoms with van der Waals surface area (Å²) < 4.78 is 0. The molecule has 0 aromatic carbocycles. The van der Waals surface area contributed by atoms with Crippen molar-refractivity contribution in [3.05, 3.63) is 22.4 Å². The van der Waals surface area contributed by atoms with Gasteiger partial charge in [0.05, 0.1) is 0 Å². The fourth-order valence-electron chi connectivity index (χ4n) is 1.02. The van der Waals surface area contributed by atoms with Crippen LogP contribution in [0.25, 0.3) is 0 Å². The summed E-state index contributed by atoms with van der Waals surface area (Å²) in [6.07, 6.45) is 0. The van der Waals surface area contributed by atoms with Gasteiger partial charge in [0.15, 0.2) is 0 Å². The molecule has 2 heterocycles. The fraction of sp³-hybridized carbons (Fsp3) is 0.286. The van der Waals surface area contributed by atoms with Crippen LogP contribution in [0.2, 0.25) is 0 Å². The number of nitrogens with zero attached hydrogens (tertiary/aromatic N) is 1. The zero-order chi connectivity index (χ0) is 7.68. The van der Waals surface area contributed by atoms with E-state index in [-0.39, 0.29) is 11.8 Å². The van der Waals surface area contributed by atoms with E-state index in [4.69, 9.17) is 4.84 Å². The Bertz CT molecular complexity index is 268. The maximum atomic E-state index is 9.19. The molecule has 1 aromatic heterocycles. The average Bonchev–Trinajstić information content (AvgIpc) is 2.55. The van der Waals surface area contributed by atoms with Gasteiger partial charge in [-0.3, -0.25) is 0 Å². The summed E-state index contributed by atoms with van der Waals surface area (Å²) in [6.45, 7) is 0.465. The van der Waals surface area contributed by atoms with E-state index in [9.17, 15) is 5.11 Å². The van der Waals surface area contributed by atoms with Crippen molar-refractivity contribution < 1.29 is 9.94 Å². The predicted molar refractivity (Wildman–Crippen MR) is 43.1 cm³/mol. The number of aliphatic hydroxyl groups excluding tert-OH is 1. The third-order valence-corrected chi connectivity index (χ3v) is 2.58. The van der Waals surface area contributed by atoms with Gasteiger partial charge in [0.25, 0.3) is 0 Å². The second-order valence-electron chi connectivity index (χ2n) is 2.31. The molecular formula is C7H7NO2S. The maximum absolute atomic E-state index is 9.19.